The van der Waals surface area contributed by atoms with Gasteiger partial charge in [-0.15, -0.1) is 0 Å². The maximum absolute atomic E-state index is 13.6. The van der Waals surface area contributed by atoms with Crippen molar-refractivity contribution in [3.05, 3.63) is 11.6 Å². The second-order valence-electron chi connectivity index (χ2n) is 12.1. The van der Waals surface area contributed by atoms with E-state index >= 15 is 0 Å². The molecule has 4 aliphatic carbocycles. The number of esters is 1. The average molecular weight is 489 g/mol. The molecular weight excluding hydrogens is 444 g/mol. The van der Waals surface area contributed by atoms with E-state index in [1.807, 2.05) is 13.0 Å². The number of aliphatic hydroxyl groups excluding tert-OH is 2. The Bertz CT molecular complexity index is 878. The van der Waals surface area contributed by atoms with Gasteiger partial charge >= 0.3 is 5.97 Å². The van der Waals surface area contributed by atoms with Crippen LogP contribution in [0.25, 0.3) is 0 Å². The SMILES string of the molecule is CCCCCCC(=O)O[C@]1(C(=O)CCO)CC[C@H]2[C@@H]3CCC4=CC(=O)CC[C@]4(C)[C@H]3[C@@H](O)C[C@@]21C. The van der Waals surface area contributed by atoms with Crippen molar-refractivity contribution in [3.63, 3.8) is 0 Å². The van der Waals surface area contributed by atoms with Crippen LogP contribution in [-0.4, -0.2) is 46.1 Å². The lowest BCUT2D eigenvalue weighted by Gasteiger charge is -2.60. The Morgan fingerprint density at radius 1 is 1.09 bits per heavy atom. The van der Waals surface area contributed by atoms with E-state index in [4.69, 9.17) is 4.74 Å². The average Bonchev–Trinajstić information content (AvgIpc) is 3.09. The summed E-state index contributed by atoms with van der Waals surface area (Å²) >= 11 is 0. The van der Waals surface area contributed by atoms with Crippen LogP contribution < -0.4 is 0 Å². The molecule has 0 unspecified atom stereocenters. The van der Waals surface area contributed by atoms with Gasteiger partial charge < -0.3 is 14.9 Å². The molecule has 7 atom stereocenters. The van der Waals surface area contributed by atoms with Crippen LogP contribution in [0.5, 0.6) is 0 Å². The monoisotopic (exact) mass is 488 g/mol. The number of ketones is 2. The standard InChI is InChI=1S/C29H44O6/c1-4-5-6-7-8-25(34)35-29(24(33)13-16-30)15-12-22-21-10-9-19-17-20(31)11-14-27(19,2)26(21)23(32)18-28(22,29)3/h17,21-23,26,30,32H,4-16,18H2,1-3H3/t21-,22-,23-,26+,27-,28-,29-/m0/s1. The molecule has 0 aromatic heterocycles. The first-order valence-electron chi connectivity index (χ1n) is 13.9. The molecular formula is C29H44O6. The van der Waals surface area contributed by atoms with Crippen LogP contribution in [0.15, 0.2) is 11.6 Å². The van der Waals surface area contributed by atoms with Crippen molar-refractivity contribution in [3.8, 4) is 0 Å². The largest absolute Gasteiger partial charge is 0.450 e. The van der Waals surface area contributed by atoms with Gasteiger partial charge in [-0.1, -0.05) is 45.6 Å². The summed E-state index contributed by atoms with van der Waals surface area (Å²) in [4.78, 5) is 38.7. The van der Waals surface area contributed by atoms with Gasteiger partial charge in [-0.25, -0.2) is 0 Å². The molecule has 3 saturated carbocycles. The molecule has 0 bridgehead atoms. The van der Waals surface area contributed by atoms with Gasteiger partial charge in [-0.2, -0.15) is 0 Å². The molecule has 3 fully saturated rings. The first kappa shape index (κ1) is 26.5. The Morgan fingerprint density at radius 3 is 2.57 bits per heavy atom. The molecule has 0 saturated heterocycles. The highest BCUT2D eigenvalue weighted by atomic mass is 16.6. The molecule has 0 aliphatic heterocycles. The van der Waals surface area contributed by atoms with Crippen LogP contribution in [0.3, 0.4) is 0 Å². The van der Waals surface area contributed by atoms with E-state index < -0.39 is 17.1 Å². The van der Waals surface area contributed by atoms with E-state index in [0.29, 0.717) is 25.7 Å². The van der Waals surface area contributed by atoms with Gasteiger partial charge in [0.05, 0.1) is 12.7 Å². The number of Topliss-reactive ketones (excluding diaryl/α,β-unsaturated/α-hetero) is 1. The summed E-state index contributed by atoms with van der Waals surface area (Å²) in [5.74, 6) is 0.0584. The Hall–Kier alpha value is -1.53. The zero-order valence-corrected chi connectivity index (χ0v) is 21.8. The van der Waals surface area contributed by atoms with Crippen molar-refractivity contribution in [2.75, 3.05) is 6.61 Å². The lowest BCUT2D eigenvalue weighted by Crippen LogP contribution is -2.62. The zero-order chi connectivity index (χ0) is 25.4. The minimum atomic E-state index is -1.28. The van der Waals surface area contributed by atoms with Crippen LogP contribution in [0.2, 0.25) is 0 Å². The summed E-state index contributed by atoms with van der Waals surface area (Å²) in [6.07, 6.45) is 9.95. The van der Waals surface area contributed by atoms with Crippen LogP contribution in [0.1, 0.15) is 104 Å². The topological polar surface area (TPSA) is 101 Å². The van der Waals surface area contributed by atoms with E-state index in [9.17, 15) is 24.6 Å². The minimum absolute atomic E-state index is 0.0394. The molecule has 0 radical (unpaired) electrons. The maximum atomic E-state index is 13.6. The van der Waals surface area contributed by atoms with Crippen molar-refractivity contribution in [2.45, 2.75) is 116 Å². The number of hydrogen-bond acceptors (Lipinski definition) is 6. The van der Waals surface area contributed by atoms with Crippen molar-refractivity contribution < 1.29 is 29.3 Å². The molecule has 6 heteroatoms. The van der Waals surface area contributed by atoms with Crippen molar-refractivity contribution in [2.24, 2.45) is 28.6 Å². The van der Waals surface area contributed by atoms with E-state index in [1.165, 1.54) is 5.57 Å². The van der Waals surface area contributed by atoms with E-state index in [0.717, 1.165) is 51.4 Å². The van der Waals surface area contributed by atoms with E-state index in [2.05, 4.69) is 13.8 Å². The van der Waals surface area contributed by atoms with Gasteiger partial charge in [0.2, 0.25) is 0 Å². The first-order chi connectivity index (χ1) is 16.6. The maximum Gasteiger partial charge on any atom is 0.306 e. The fraction of sp³-hybridized carbons (Fsp3) is 0.828. The fourth-order valence-corrected chi connectivity index (χ4v) is 8.60. The Kier molecular flexibility index (Phi) is 7.64. The summed E-state index contributed by atoms with van der Waals surface area (Å²) < 4.78 is 6.17. The highest BCUT2D eigenvalue weighted by molar-refractivity contribution is 5.92. The number of ether oxygens (including phenoxy) is 1. The van der Waals surface area contributed by atoms with Crippen LogP contribution in [-0.2, 0) is 19.1 Å². The second kappa shape index (κ2) is 10.1. The normalized spacial score (nSPS) is 40.4. The lowest BCUT2D eigenvalue weighted by atomic mass is 9.45. The number of carbonyl (C=O) groups is 3. The molecule has 0 spiro atoms. The number of fused-ring (bicyclic) bond motifs is 5. The summed E-state index contributed by atoms with van der Waals surface area (Å²) in [7, 11) is 0. The van der Waals surface area contributed by atoms with Crippen molar-refractivity contribution in [1.82, 2.24) is 0 Å². The predicted molar refractivity (Wildman–Crippen MR) is 132 cm³/mol. The first-order valence-corrected chi connectivity index (χ1v) is 13.9. The van der Waals surface area contributed by atoms with Gasteiger partial charge in [0.25, 0.3) is 0 Å². The van der Waals surface area contributed by atoms with Gasteiger partial charge in [0, 0.05) is 24.7 Å². The van der Waals surface area contributed by atoms with Crippen LogP contribution in [0, 0.1) is 28.6 Å². The summed E-state index contributed by atoms with van der Waals surface area (Å²) in [5, 5.41) is 21.3. The highest BCUT2D eigenvalue weighted by Crippen LogP contribution is 2.68. The van der Waals surface area contributed by atoms with Gasteiger partial charge in [-0.3, -0.25) is 14.4 Å². The molecule has 35 heavy (non-hydrogen) atoms. The molecule has 6 nitrogen and oxygen atoms in total. The second-order valence-corrected chi connectivity index (χ2v) is 12.1. The summed E-state index contributed by atoms with van der Waals surface area (Å²) in [5.41, 5.74) is -0.973. The summed E-state index contributed by atoms with van der Waals surface area (Å²) in [6.45, 7) is 6.10. The predicted octanol–water partition coefficient (Wildman–Crippen LogP) is 4.69. The number of rotatable bonds is 9. The van der Waals surface area contributed by atoms with Gasteiger partial charge in [0.1, 0.15) is 0 Å². The fourth-order valence-electron chi connectivity index (χ4n) is 8.60. The molecule has 196 valence electrons. The number of hydrogen-bond donors (Lipinski definition) is 2. The highest BCUT2D eigenvalue weighted by Gasteiger charge is 2.70. The van der Waals surface area contributed by atoms with E-state index in [1.54, 1.807) is 0 Å². The number of allylic oxidation sites excluding steroid dienone is 1. The Labute approximate surface area is 209 Å². The Balaban J connectivity index is 1.64. The summed E-state index contributed by atoms with van der Waals surface area (Å²) in [6, 6.07) is 0. The third-order valence-electron chi connectivity index (χ3n) is 10.3. The number of unbranched alkanes of at least 4 members (excludes halogenated alkanes) is 3. The van der Waals surface area contributed by atoms with Crippen LogP contribution in [0.4, 0.5) is 0 Å². The minimum Gasteiger partial charge on any atom is -0.450 e. The van der Waals surface area contributed by atoms with Gasteiger partial charge in [0.15, 0.2) is 17.2 Å². The Morgan fingerprint density at radius 2 is 1.86 bits per heavy atom. The smallest absolute Gasteiger partial charge is 0.306 e. The van der Waals surface area contributed by atoms with Crippen molar-refractivity contribution >= 4 is 17.5 Å². The molecule has 0 aromatic carbocycles. The number of aliphatic hydroxyl groups is 2. The third kappa shape index (κ3) is 4.33. The molecule has 0 aromatic rings. The molecule has 4 rings (SSSR count). The zero-order valence-electron chi connectivity index (χ0n) is 21.8. The van der Waals surface area contributed by atoms with Crippen molar-refractivity contribution in [1.29, 1.82) is 0 Å². The quantitative estimate of drug-likeness (QED) is 0.361. The molecule has 0 heterocycles. The van der Waals surface area contributed by atoms with E-state index in [-0.39, 0.29) is 53.7 Å². The van der Waals surface area contributed by atoms with Crippen LogP contribution >= 0.6 is 0 Å². The molecule has 2 N–H and O–H groups in total. The van der Waals surface area contributed by atoms with Gasteiger partial charge in [-0.05, 0) is 74.2 Å². The lowest BCUT2D eigenvalue weighted by molar-refractivity contribution is -0.201. The number of carbonyl (C=O) groups excluding carboxylic acids is 3. The molecule has 4 aliphatic rings. The molecule has 0 amide bonds. The third-order valence-corrected chi connectivity index (χ3v) is 10.3.